The van der Waals surface area contributed by atoms with Gasteiger partial charge in [-0.1, -0.05) is 12.1 Å². The van der Waals surface area contributed by atoms with E-state index in [-0.39, 0.29) is 49.8 Å². The number of hydrogen-bond donors (Lipinski definition) is 2. The Balaban J connectivity index is 1.36. The molecule has 37 heavy (non-hydrogen) atoms. The summed E-state index contributed by atoms with van der Waals surface area (Å²) >= 11 is 0. The van der Waals surface area contributed by atoms with Gasteiger partial charge in [-0.2, -0.15) is 0 Å². The molecule has 194 valence electrons. The Kier molecular flexibility index (Phi) is 5.99. The summed E-state index contributed by atoms with van der Waals surface area (Å²) in [7, 11) is 0. The van der Waals surface area contributed by atoms with Gasteiger partial charge in [0.15, 0.2) is 17.1 Å². The number of aliphatic hydroxyl groups is 2. The first-order valence-electron chi connectivity index (χ1n) is 12.6. The normalized spacial score (nSPS) is 25.7. The molecule has 10 nitrogen and oxygen atoms in total. The summed E-state index contributed by atoms with van der Waals surface area (Å²) in [5.41, 5.74) is 2.52. The number of carbonyl (C=O) groups excluding carboxylic acids is 2. The quantitative estimate of drug-likeness (QED) is 0.362. The van der Waals surface area contributed by atoms with Crippen molar-refractivity contribution >= 4 is 22.8 Å². The summed E-state index contributed by atoms with van der Waals surface area (Å²) in [6.45, 7) is 5.20. The van der Waals surface area contributed by atoms with Gasteiger partial charge in [-0.25, -0.2) is 9.13 Å². The second-order valence-electron chi connectivity index (χ2n) is 9.83. The summed E-state index contributed by atoms with van der Waals surface area (Å²) in [5.74, 6) is 0.689. The average molecular weight is 509 g/mol. The molecule has 2 fully saturated rings. The molecule has 2 saturated heterocycles. The number of aliphatic hydroxyl groups excluding tert-OH is 2. The predicted molar refractivity (Wildman–Crippen MR) is 130 cm³/mol. The zero-order valence-electron chi connectivity index (χ0n) is 20.7. The van der Waals surface area contributed by atoms with E-state index in [9.17, 15) is 19.8 Å². The van der Waals surface area contributed by atoms with E-state index >= 15 is 0 Å². The third-order valence-electron chi connectivity index (χ3n) is 7.36. The molecular formula is C27H30N3O7+. The summed E-state index contributed by atoms with van der Waals surface area (Å²) in [4.78, 5) is 27.5. The maximum absolute atomic E-state index is 13.1. The predicted octanol–water partition coefficient (Wildman–Crippen LogP) is 1.03. The number of rotatable bonds is 7. The topological polar surface area (TPSA) is 114 Å². The Hall–Kier alpha value is -3.31. The molecule has 4 heterocycles. The van der Waals surface area contributed by atoms with E-state index in [1.54, 1.807) is 31.2 Å². The van der Waals surface area contributed by atoms with Crippen molar-refractivity contribution in [2.24, 2.45) is 0 Å². The van der Waals surface area contributed by atoms with E-state index < -0.39 is 12.2 Å². The van der Waals surface area contributed by atoms with Crippen LogP contribution >= 0.6 is 0 Å². The molecule has 3 aliphatic heterocycles. The number of aryl methyl sites for hydroxylation is 1. The van der Waals surface area contributed by atoms with Crippen molar-refractivity contribution < 1.29 is 38.6 Å². The lowest BCUT2D eigenvalue weighted by atomic mass is 10.1. The van der Waals surface area contributed by atoms with Crippen LogP contribution in [0.1, 0.15) is 40.4 Å². The molecule has 1 aromatic heterocycles. The van der Waals surface area contributed by atoms with Crippen LogP contribution in [0.25, 0.3) is 11.0 Å². The van der Waals surface area contributed by atoms with Crippen LogP contribution in [0.15, 0.2) is 42.5 Å². The number of ether oxygens (including phenoxy) is 3. The number of nitrogens with zero attached hydrogens (tertiary/aromatic N) is 3. The number of hydrogen-bond acceptors (Lipinski definition) is 7. The van der Waals surface area contributed by atoms with Crippen LogP contribution < -0.4 is 9.30 Å². The third kappa shape index (κ3) is 3.91. The monoisotopic (exact) mass is 508 g/mol. The number of carbonyl (C=O) groups is 2. The first-order valence-corrected chi connectivity index (χ1v) is 12.6. The fourth-order valence-electron chi connectivity index (χ4n) is 5.68. The minimum Gasteiger partial charge on any atom is -0.485 e. The molecule has 0 radical (unpaired) electrons. The zero-order valence-corrected chi connectivity index (χ0v) is 20.7. The van der Waals surface area contributed by atoms with Gasteiger partial charge in [-0.05, 0) is 38.1 Å². The molecule has 1 unspecified atom stereocenters. The Morgan fingerprint density at radius 2 is 1.78 bits per heavy atom. The third-order valence-corrected chi connectivity index (χ3v) is 7.36. The molecule has 3 aromatic rings. The van der Waals surface area contributed by atoms with Gasteiger partial charge in [0.25, 0.3) is 17.6 Å². The van der Waals surface area contributed by atoms with Crippen molar-refractivity contribution in [3.05, 3.63) is 59.4 Å². The fraction of sp³-hybridized carbons (Fsp3) is 0.444. The Morgan fingerprint density at radius 3 is 2.46 bits per heavy atom. The molecule has 0 saturated carbocycles. The van der Waals surface area contributed by atoms with Crippen LogP contribution in [0, 0.1) is 0 Å². The van der Waals surface area contributed by atoms with E-state index in [0.29, 0.717) is 30.0 Å². The van der Waals surface area contributed by atoms with Crippen molar-refractivity contribution in [3.8, 4) is 5.75 Å². The standard InChI is InChI=1S/C27H30N3O7/c1-3-28-19-9-8-16(37-22-14-36-24-21(32)13-35-25(22)24)10-20(19)29(11-15(2)31)23(28)12-30-26(33)17-6-4-5-7-18(17)27(30)34/h4-10,15,21-22,24-25,31-32H,3,11-14H2,1-2H3/q+1/t15-,21-,22?,24+,25+/m0/s1. The molecule has 10 heteroatoms. The van der Waals surface area contributed by atoms with Crippen LogP contribution in [-0.2, 0) is 29.1 Å². The molecule has 0 spiro atoms. The minimum atomic E-state index is -0.663. The van der Waals surface area contributed by atoms with Crippen LogP contribution in [0.3, 0.4) is 0 Å². The Labute approximate surface area is 213 Å². The second-order valence-corrected chi connectivity index (χ2v) is 9.83. The SMILES string of the molecule is CC[n+]1c(CN2C(=O)c3ccccc3C2=O)n(C[C@H](C)O)c2cc(OC3CO[C@H]4[C@@H]3OC[C@@H]4O)ccc21. The highest BCUT2D eigenvalue weighted by atomic mass is 16.6. The lowest BCUT2D eigenvalue weighted by Gasteiger charge is -2.17. The van der Waals surface area contributed by atoms with Crippen molar-refractivity contribution in [1.29, 1.82) is 0 Å². The number of amides is 2. The lowest BCUT2D eigenvalue weighted by Crippen LogP contribution is -2.42. The van der Waals surface area contributed by atoms with Gasteiger partial charge in [0.1, 0.15) is 37.2 Å². The molecule has 6 rings (SSSR count). The number of benzene rings is 2. The van der Waals surface area contributed by atoms with Crippen molar-refractivity contribution in [1.82, 2.24) is 9.47 Å². The van der Waals surface area contributed by atoms with Gasteiger partial charge in [-0.15, -0.1) is 0 Å². The Bertz CT molecular complexity index is 1350. The van der Waals surface area contributed by atoms with Gasteiger partial charge in [0.05, 0.1) is 37.0 Å². The first-order chi connectivity index (χ1) is 17.9. The van der Waals surface area contributed by atoms with E-state index in [1.807, 2.05) is 29.7 Å². The number of aromatic nitrogens is 2. The molecule has 2 aromatic carbocycles. The highest BCUT2D eigenvalue weighted by Crippen LogP contribution is 2.32. The number of imide groups is 1. The summed E-state index contributed by atoms with van der Waals surface area (Å²) < 4.78 is 21.6. The molecule has 3 aliphatic rings. The maximum atomic E-state index is 13.1. The summed E-state index contributed by atoms with van der Waals surface area (Å²) in [6.07, 6.45) is -2.39. The van der Waals surface area contributed by atoms with Crippen LogP contribution in [-0.4, -0.2) is 75.2 Å². The van der Waals surface area contributed by atoms with E-state index in [4.69, 9.17) is 14.2 Å². The average Bonchev–Trinajstić information content (AvgIpc) is 3.60. The fourth-order valence-corrected chi connectivity index (χ4v) is 5.68. The van der Waals surface area contributed by atoms with Gasteiger partial charge < -0.3 is 24.4 Å². The summed E-state index contributed by atoms with van der Waals surface area (Å²) in [6, 6.07) is 12.5. The summed E-state index contributed by atoms with van der Waals surface area (Å²) in [5, 5.41) is 20.4. The van der Waals surface area contributed by atoms with Gasteiger partial charge in [0.2, 0.25) is 0 Å². The molecule has 2 amide bonds. The van der Waals surface area contributed by atoms with E-state index in [1.165, 1.54) is 4.90 Å². The van der Waals surface area contributed by atoms with Crippen molar-refractivity contribution in [2.75, 3.05) is 13.2 Å². The highest BCUT2D eigenvalue weighted by Gasteiger charge is 2.48. The first kappa shape index (κ1) is 24.1. The zero-order chi connectivity index (χ0) is 25.8. The van der Waals surface area contributed by atoms with Crippen LogP contribution in [0.2, 0.25) is 0 Å². The molecule has 2 N–H and O–H groups in total. The molecular weight excluding hydrogens is 478 g/mol. The lowest BCUT2D eigenvalue weighted by molar-refractivity contribution is -0.677. The maximum Gasteiger partial charge on any atom is 0.278 e. The minimum absolute atomic E-state index is 0.0731. The second kappa shape index (κ2) is 9.21. The van der Waals surface area contributed by atoms with Gasteiger partial charge >= 0.3 is 0 Å². The van der Waals surface area contributed by atoms with Crippen molar-refractivity contribution in [3.63, 3.8) is 0 Å². The van der Waals surface area contributed by atoms with E-state index in [2.05, 4.69) is 4.57 Å². The Morgan fingerprint density at radius 1 is 1.08 bits per heavy atom. The molecule has 0 aliphatic carbocycles. The van der Waals surface area contributed by atoms with E-state index in [0.717, 1.165) is 16.9 Å². The highest BCUT2D eigenvalue weighted by molar-refractivity contribution is 6.21. The number of fused-ring (bicyclic) bond motifs is 3. The van der Waals surface area contributed by atoms with Crippen molar-refractivity contribution in [2.45, 2.75) is 64.0 Å². The van der Waals surface area contributed by atoms with Gasteiger partial charge in [0, 0.05) is 6.07 Å². The molecule has 5 atom stereocenters. The van der Waals surface area contributed by atoms with Crippen LogP contribution in [0.4, 0.5) is 0 Å². The number of imidazole rings is 1. The smallest absolute Gasteiger partial charge is 0.278 e. The largest absolute Gasteiger partial charge is 0.485 e. The van der Waals surface area contributed by atoms with Gasteiger partial charge in [-0.3, -0.25) is 14.5 Å². The van der Waals surface area contributed by atoms with Crippen LogP contribution in [0.5, 0.6) is 5.75 Å². The molecule has 0 bridgehead atoms.